The van der Waals surface area contributed by atoms with E-state index in [0.717, 1.165) is 44.3 Å². The Morgan fingerprint density at radius 2 is 1.89 bits per heavy atom. The highest BCUT2D eigenvalue weighted by Crippen LogP contribution is 2.27. The molecular formula is C14H20FN3. The van der Waals surface area contributed by atoms with Gasteiger partial charge in [0.05, 0.1) is 0 Å². The van der Waals surface area contributed by atoms with Crippen molar-refractivity contribution in [2.24, 2.45) is 0 Å². The number of piperazine rings is 1. The van der Waals surface area contributed by atoms with Crippen molar-refractivity contribution in [2.75, 3.05) is 31.9 Å². The van der Waals surface area contributed by atoms with Crippen molar-refractivity contribution in [3.05, 3.63) is 29.6 Å². The Bertz CT molecular complexity index is 423. The molecule has 1 aromatic carbocycles. The minimum atomic E-state index is -0.255. The highest BCUT2D eigenvalue weighted by Gasteiger charge is 2.31. The van der Waals surface area contributed by atoms with Crippen molar-refractivity contribution >= 4 is 5.69 Å². The SMILES string of the molecule is Nc1cc(F)ccc1CN1CCN(C2CC2)CC1. The van der Waals surface area contributed by atoms with Crippen LogP contribution in [0.1, 0.15) is 18.4 Å². The molecule has 0 unspecified atom stereocenters. The summed E-state index contributed by atoms with van der Waals surface area (Å²) in [7, 11) is 0. The summed E-state index contributed by atoms with van der Waals surface area (Å²) in [6, 6.07) is 5.57. The van der Waals surface area contributed by atoms with E-state index in [1.54, 1.807) is 6.07 Å². The summed E-state index contributed by atoms with van der Waals surface area (Å²) in [5.41, 5.74) is 7.45. The number of hydrogen-bond donors (Lipinski definition) is 1. The Hall–Kier alpha value is -1.13. The predicted molar refractivity (Wildman–Crippen MR) is 70.7 cm³/mol. The first-order chi connectivity index (χ1) is 8.72. The molecule has 1 aliphatic heterocycles. The summed E-state index contributed by atoms with van der Waals surface area (Å²) in [5, 5.41) is 0. The van der Waals surface area contributed by atoms with E-state index in [9.17, 15) is 4.39 Å². The lowest BCUT2D eigenvalue weighted by atomic mass is 10.1. The first-order valence-electron chi connectivity index (χ1n) is 6.73. The third-order valence-corrected chi connectivity index (χ3v) is 3.97. The fourth-order valence-electron chi connectivity index (χ4n) is 2.68. The standard InChI is InChI=1S/C14H20FN3/c15-12-2-1-11(14(16)9-12)10-17-5-7-18(8-6-17)13-3-4-13/h1-2,9,13H,3-8,10,16H2. The van der Waals surface area contributed by atoms with Gasteiger partial charge in [-0.1, -0.05) is 6.07 Å². The minimum absolute atomic E-state index is 0.255. The fraction of sp³-hybridized carbons (Fsp3) is 0.571. The van der Waals surface area contributed by atoms with Gasteiger partial charge >= 0.3 is 0 Å². The number of hydrogen-bond acceptors (Lipinski definition) is 3. The topological polar surface area (TPSA) is 32.5 Å². The molecule has 0 aromatic heterocycles. The van der Waals surface area contributed by atoms with E-state index in [2.05, 4.69) is 9.80 Å². The van der Waals surface area contributed by atoms with Gasteiger partial charge in [-0.15, -0.1) is 0 Å². The quantitative estimate of drug-likeness (QED) is 0.827. The lowest BCUT2D eigenvalue weighted by molar-refractivity contribution is 0.121. The van der Waals surface area contributed by atoms with Gasteiger partial charge in [0.2, 0.25) is 0 Å². The second kappa shape index (κ2) is 4.86. The second-order valence-electron chi connectivity index (χ2n) is 5.39. The van der Waals surface area contributed by atoms with Gasteiger partial charge in [-0.05, 0) is 30.5 Å². The van der Waals surface area contributed by atoms with Crippen LogP contribution in [0.25, 0.3) is 0 Å². The van der Waals surface area contributed by atoms with Crippen LogP contribution in [0.4, 0.5) is 10.1 Å². The molecule has 0 amide bonds. The Morgan fingerprint density at radius 1 is 1.17 bits per heavy atom. The van der Waals surface area contributed by atoms with Crippen molar-refractivity contribution in [3.8, 4) is 0 Å². The van der Waals surface area contributed by atoms with Crippen molar-refractivity contribution in [1.29, 1.82) is 0 Å². The molecule has 2 aliphatic rings. The monoisotopic (exact) mass is 249 g/mol. The first-order valence-corrected chi connectivity index (χ1v) is 6.73. The zero-order valence-corrected chi connectivity index (χ0v) is 10.6. The molecule has 1 saturated heterocycles. The molecule has 0 radical (unpaired) electrons. The molecule has 0 atom stereocenters. The molecule has 2 fully saturated rings. The van der Waals surface area contributed by atoms with Crippen LogP contribution >= 0.6 is 0 Å². The summed E-state index contributed by atoms with van der Waals surface area (Å²) >= 11 is 0. The van der Waals surface area contributed by atoms with Crippen LogP contribution in [0.2, 0.25) is 0 Å². The molecule has 0 spiro atoms. The highest BCUT2D eigenvalue weighted by atomic mass is 19.1. The normalized spacial score (nSPS) is 22.3. The number of nitrogen functional groups attached to an aromatic ring is 1. The van der Waals surface area contributed by atoms with Crippen LogP contribution in [0.5, 0.6) is 0 Å². The Balaban J connectivity index is 1.56. The van der Waals surface area contributed by atoms with Crippen molar-refractivity contribution in [3.63, 3.8) is 0 Å². The van der Waals surface area contributed by atoms with Crippen molar-refractivity contribution in [1.82, 2.24) is 9.80 Å². The van der Waals surface area contributed by atoms with Gasteiger partial charge in [0.15, 0.2) is 0 Å². The van der Waals surface area contributed by atoms with Crippen molar-refractivity contribution < 1.29 is 4.39 Å². The van der Waals surface area contributed by atoms with E-state index in [1.165, 1.54) is 25.0 Å². The number of halogens is 1. The molecule has 18 heavy (non-hydrogen) atoms. The lowest BCUT2D eigenvalue weighted by Crippen LogP contribution is -2.46. The third-order valence-electron chi connectivity index (χ3n) is 3.97. The molecule has 1 aliphatic carbocycles. The zero-order chi connectivity index (χ0) is 12.5. The molecule has 3 rings (SSSR count). The Kier molecular flexibility index (Phi) is 3.22. The molecule has 1 heterocycles. The van der Waals surface area contributed by atoms with E-state index in [0.29, 0.717) is 5.69 Å². The summed E-state index contributed by atoms with van der Waals surface area (Å²) in [6.45, 7) is 5.34. The Labute approximate surface area is 107 Å². The number of nitrogens with zero attached hydrogens (tertiary/aromatic N) is 2. The summed E-state index contributed by atoms with van der Waals surface area (Å²) in [4.78, 5) is 4.99. The Morgan fingerprint density at radius 3 is 2.50 bits per heavy atom. The molecule has 2 N–H and O–H groups in total. The zero-order valence-electron chi connectivity index (χ0n) is 10.6. The van der Waals surface area contributed by atoms with E-state index >= 15 is 0 Å². The van der Waals surface area contributed by atoms with Crippen LogP contribution in [0, 0.1) is 5.82 Å². The summed E-state index contributed by atoms with van der Waals surface area (Å²) in [6.07, 6.45) is 2.76. The van der Waals surface area contributed by atoms with Gasteiger partial charge in [0, 0.05) is 44.5 Å². The summed E-state index contributed by atoms with van der Waals surface area (Å²) < 4.78 is 13.0. The maximum atomic E-state index is 13.0. The molecule has 1 aromatic rings. The van der Waals surface area contributed by atoms with Crippen LogP contribution in [-0.4, -0.2) is 42.0 Å². The average molecular weight is 249 g/mol. The second-order valence-corrected chi connectivity index (χ2v) is 5.39. The minimum Gasteiger partial charge on any atom is -0.398 e. The maximum Gasteiger partial charge on any atom is 0.125 e. The van der Waals surface area contributed by atoms with Gasteiger partial charge < -0.3 is 5.73 Å². The van der Waals surface area contributed by atoms with Gasteiger partial charge in [0.25, 0.3) is 0 Å². The molecular weight excluding hydrogens is 229 g/mol. The molecule has 1 saturated carbocycles. The summed E-state index contributed by atoms with van der Waals surface area (Å²) in [5.74, 6) is -0.255. The average Bonchev–Trinajstić information content (AvgIpc) is 3.18. The highest BCUT2D eigenvalue weighted by molar-refractivity contribution is 5.46. The molecule has 0 bridgehead atoms. The number of nitrogens with two attached hydrogens (primary N) is 1. The van der Waals surface area contributed by atoms with E-state index in [1.807, 2.05) is 0 Å². The van der Waals surface area contributed by atoms with E-state index < -0.39 is 0 Å². The largest absolute Gasteiger partial charge is 0.398 e. The van der Waals surface area contributed by atoms with Crippen LogP contribution in [0.3, 0.4) is 0 Å². The predicted octanol–water partition coefficient (Wildman–Crippen LogP) is 1.69. The van der Waals surface area contributed by atoms with Gasteiger partial charge in [-0.25, -0.2) is 4.39 Å². The van der Waals surface area contributed by atoms with Gasteiger partial charge in [0.1, 0.15) is 5.82 Å². The smallest absolute Gasteiger partial charge is 0.125 e. The molecule has 3 nitrogen and oxygen atoms in total. The molecule has 98 valence electrons. The molecule has 4 heteroatoms. The fourth-order valence-corrected chi connectivity index (χ4v) is 2.68. The van der Waals surface area contributed by atoms with E-state index in [4.69, 9.17) is 5.73 Å². The van der Waals surface area contributed by atoms with Gasteiger partial charge in [-0.3, -0.25) is 9.80 Å². The van der Waals surface area contributed by atoms with Crippen LogP contribution < -0.4 is 5.73 Å². The lowest BCUT2D eigenvalue weighted by Gasteiger charge is -2.35. The number of rotatable bonds is 3. The number of anilines is 1. The van der Waals surface area contributed by atoms with E-state index in [-0.39, 0.29) is 5.82 Å². The van der Waals surface area contributed by atoms with Gasteiger partial charge in [-0.2, -0.15) is 0 Å². The van der Waals surface area contributed by atoms with Crippen LogP contribution in [-0.2, 0) is 6.54 Å². The first kappa shape index (κ1) is 11.9. The number of benzene rings is 1. The van der Waals surface area contributed by atoms with Crippen molar-refractivity contribution in [2.45, 2.75) is 25.4 Å². The van der Waals surface area contributed by atoms with Crippen LogP contribution in [0.15, 0.2) is 18.2 Å². The third kappa shape index (κ3) is 2.65. The maximum absolute atomic E-state index is 13.0.